The number of aromatic nitrogens is 2. The Morgan fingerprint density at radius 2 is 2.10 bits per heavy atom. The fraction of sp³-hybridized carbons (Fsp3) is 0.412. The summed E-state index contributed by atoms with van der Waals surface area (Å²) in [6.45, 7) is 5.84. The molecule has 4 heteroatoms. The molecule has 1 atom stereocenters. The van der Waals surface area contributed by atoms with Gasteiger partial charge >= 0.3 is 0 Å². The number of nitrogens with one attached hydrogen (secondary N) is 1. The third-order valence-electron chi connectivity index (χ3n) is 3.22. The van der Waals surface area contributed by atoms with Crippen molar-refractivity contribution in [2.24, 2.45) is 0 Å². The van der Waals surface area contributed by atoms with Gasteiger partial charge in [-0.2, -0.15) is 0 Å². The van der Waals surface area contributed by atoms with E-state index in [1.165, 1.54) is 5.56 Å². The predicted molar refractivity (Wildman–Crippen MR) is 84.4 cm³/mol. The third kappa shape index (κ3) is 4.83. The molecule has 1 N–H and O–H groups in total. The smallest absolute Gasteiger partial charge is 0.137 e. The second-order valence-corrected chi connectivity index (χ2v) is 4.98. The molecule has 0 saturated heterocycles. The van der Waals surface area contributed by atoms with Gasteiger partial charge in [-0.1, -0.05) is 19.9 Å². The summed E-state index contributed by atoms with van der Waals surface area (Å²) in [7, 11) is 0. The molecule has 0 fully saturated rings. The van der Waals surface area contributed by atoms with E-state index in [1.807, 2.05) is 18.5 Å². The molecule has 0 saturated carbocycles. The highest BCUT2D eigenvalue weighted by Gasteiger charge is 2.12. The van der Waals surface area contributed by atoms with Gasteiger partial charge in [-0.3, -0.25) is 9.97 Å². The molecule has 0 amide bonds. The molecule has 2 heterocycles. The van der Waals surface area contributed by atoms with Crippen LogP contribution in [0, 0.1) is 0 Å². The molecule has 2 rings (SSSR count). The number of pyridine rings is 2. The predicted octanol–water partition coefficient (Wildman–Crippen LogP) is 3.16. The molecule has 0 bridgehead atoms. The minimum Gasteiger partial charge on any atom is -0.492 e. The highest BCUT2D eigenvalue weighted by atomic mass is 16.5. The van der Waals surface area contributed by atoms with Crippen LogP contribution in [0.1, 0.15) is 37.4 Å². The number of ether oxygens (including phenoxy) is 1. The zero-order valence-corrected chi connectivity index (χ0v) is 12.7. The molecule has 2 aromatic rings. The maximum Gasteiger partial charge on any atom is 0.137 e. The van der Waals surface area contributed by atoms with E-state index >= 15 is 0 Å². The Balaban J connectivity index is 2.13. The van der Waals surface area contributed by atoms with E-state index in [0.29, 0.717) is 0 Å². The van der Waals surface area contributed by atoms with Gasteiger partial charge in [0.25, 0.3) is 0 Å². The van der Waals surface area contributed by atoms with Crippen molar-refractivity contribution in [1.82, 2.24) is 15.3 Å². The second kappa shape index (κ2) is 8.37. The number of likely N-dealkylation sites (N-methyl/N-ethyl adjacent to an activating group) is 1. The Hall–Kier alpha value is -1.94. The van der Waals surface area contributed by atoms with Crippen molar-refractivity contribution >= 4 is 0 Å². The van der Waals surface area contributed by atoms with Crippen LogP contribution in [0.4, 0.5) is 0 Å². The van der Waals surface area contributed by atoms with Crippen LogP contribution in [0.15, 0.2) is 43.0 Å². The summed E-state index contributed by atoms with van der Waals surface area (Å²) < 4.78 is 5.67. The standard InChI is InChI=1S/C17H23N3O/c1-3-8-21-16-10-15(12-19-13-16)17(20-4-2)9-14-6-5-7-18-11-14/h5-7,10-13,17,20H,3-4,8-9H2,1-2H3. The lowest BCUT2D eigenvalue weighted by molar-refractivity contribution is 0.315. The number of hydrogen-bond acceptors (Lipinski definition) is 4. The molecular weight excluding hydrogens is 262 g/mol. The van der Waals surface area contributed by atoms with Crippen LogP contribution in [-0.2, 0) is 6.42 Å². The quantitative estimate of drug-likeness (QED) is 0.809. The molecule has 0 radical (unpaired) electrons. The van der Waals surface area contributed by atoms with Gasteiger partial charge in [0.2, 0.25) is 0 Å². The second-order valence-electron chi connectivity index (χ2n) is 4.98. The van der Waals surface area contributed by atoms with Crippen LogP contribution in [0.3, 0.4) is 0 Å². The van der Waals surface area contributed by atoms with Crippen molar-refractivity contribution in [3.05, 3.63) is 54.1 Å². The van der Waals surface area contributed by atoms with Crippen molar-refractivity contribution in [2.45, 2.75) is 32.7 Å². The Labute approximate surface area is 126 Å². The van der Waals surface area contributed by atoms with Crippen LogP contribution >= 0.6 is 0 Å². The van der Waals surface area contributed by atoms with Crippen LogP contribution in [-0.4, -0.2) is 23.1 Å². The Morgan fingerprint density at radius 1 is 1.19 bits per heavy atom. The van der Waals surface area contributed by atoms with Gasteiger partial charge in [0.05, 0.1) is 12.8 Å². The molecule has 0 spiro atoms. The molecule has 1 unspecified atom stereocenters. The number of nitrogens with zero attached hydrogens (tertiary/aromatic N) is 2. The van der Waals surface area contributed by atoms with E-state index < -0.39 is 0 Å². The molecule has 0 aliphatic carbocycles. The van der Waals surface area contributed by atoms with Gasteiger partial charge in [-0.15, -0.1) is 0 Å². The first kappa shape index (κ1) is 15.4. The zero-order valence-electron chi connectivity index (χ0n) is 12.7. The van der Waals surface area contributed by atoms with E-state index in [9.17, 15) is 0 Å². The summed E-state index contributed by atoms with van der Waals surface area (Å²) in [5.74, 6) is 0.837. The van der Waals surface area contributed by atoms with Gasteiger partial charge in [0, 0.05) is 24.6 Å². The maximum absolute atomic E-state index is 5.67. The van der Waals surface area contributed by atoms with Gasteiger partial charge < -0.3 is 10.1 Å². The van der Waals surface area contributed by atoms with E-state index in [-0.39, 0.29) is 6.04 Å². The summed E-state index contributed by atoms with van der Waals surface area (Å²) in [4.78, 5) is 8.48. The Morgan fingerprint density at radius 3 is 2.81 bits per heavy atom. The van der Waals surface area contributed by atoms with Crippen LogP contribution in [0.5, 0.6) is 5.75 Å². The molecular formula is C17H23N3O. The number of hydrogen-bond donors (Lipinski definition) is 1. The molecule has 4 nitrogen and oxygen atoms in total. The molecule has 21 heavy (non-hydrogen) atoms. The monoisotopic (exact) mass is 285 g/mol. The molecule has 0 aromatic carbocycles. The molecule has 2 aromatic heterocycles. The van der Waals surface area contributed by atoms with Gasteiger partial charge in [0.1, 0.15) is 5.75 Å². The SMILES string of the molecule is CCCOc1cncc(C(Cc2cccnc2)NCC)c1. The van der Waals surface area contributed by atoms with Gasteiger partial charge in [-0.05, 0) is 42.6 Å². The minimum absolute atomic E-state index is 0.219. The maximum atomic E-state index is 5.67. The van der Waals surface area contributed by atoms with Gasteiger partial charge in [0.15, 0.2) is 0 Å². The van der Waals surface area contributed by atoms with Crippen molar-refractivity contribution in [1.29, 1.82) is 0 Å². The Bertz CT molecular complexity index is 531. The highest BCUT2D eigenvalue weighted by molar-refractivity contribution is 5.27. The van der Waals surface area contributed by atoms with E-state index in [1.54, 1.807) is 12.4 Å². The first-order chi connectivity index (χ1) is 10.3. The van der Waals surface area contributed by atoms with Crippen molar-refractivity contribution in [2.75, 3.05) is 13.2 Å². The van der Waals surface area contributed by atoms with Crippen molar-refractivity contribution < 1.29 is 4.74 Å². The topological polar surface area (TPSA) is 47.0 Å². The molecule has 112 valence electrons. The lowest BCUT2D eigenvalue weighted by Gasteiger charge is -2.18. The third-order valence-corrected chi connectivity index (χ3v) is 3.22. The van der Waals surface area contributed by atoms with E-state index in [4.69, 9.17) is 4.74 Å². The van der Waals surface area contributed by atoms with Crippen LogP contribution in [0.25, 0.3) is 0 Å². The van der Waals surface area contributed by atoms with Gasteiger partial charge in [-0.25, -0.2) is 0 Å². The fourth-order valence-electron chi connectivity index (χ4n) is 2.23. The van der Waals surface area contributed by atoms with E-state index in [0.717, 1.165) is 37.3 Å². The summed E-state index contributed by atoms with van der Waals surface area (Å²) in [5.41, 5.74) is 2.36. The first-order valence-electron chi connectivity index (χ1n) is 7.53. The minimum atomic E-state index is 0.219. The number of rotatable bonds is 8. The van der Waals surface area contributed by atoms with Crippen LogP contribution in [0.2, 0.25) is 0 Å². The summed E-state index contributed by atoms with van der Waals surface area (Å²) >= 11 is 0. The van der Waals surface area contributed by atoms with E-state index in [2.05, 4.69) is 41.3 Å². The van der Waals surface area contributed by atoms with Crippen LogP contribution < -0.4 is 10.1 Å². The lowest BCUT2D eigenvalue weighted by atomic mass is 10.0. The largest absolute Gasteiger partial charge is 0.492 e. The highest BCUT2D eigenvalue weighted by Crippen LogP contribution is 2.21. The van der Waals surface area contributed by atoms with Crippen molar-refractivity contribution in [3.8, 4) is 5.75 Å². The lowest BCUT2D eigenvalue weighted by Crippen LogP contribution is -2.23. The average Bonchev–Trinajstić information content (AvgIpc) is 2.54. The van der Waals surface area contributed by atoms with Crippen molar-refractivity contribution in [3.63, 3.8) is 0 Å². The molecule has 0 aliphatic heterocycles. The normalized spacial score (nSPS) is 12.1. The summed E-state index contributed by atoms with van der Waals surface area (Å²) in [6, 6.07) is 6.36. The first-order valence-corrected chi connectivity index (χ1v) is 7.53. The molecule has 0 aliphatic rings. The summed E-state index contributed by atoms with van der Waals surface area (Å²) in [5, 5.41) is 3.51. The summed E-state index contributed by atoms with van der Waals surface area (Å²) in [6.07, 6.45) is 9.27. The Kier molecular flexibility index (Phi) is 6.16. The zero-order chi connectivity index (χ0) is 14.9. The average molecular weight is 285 g/mol. The fourth-order valence-corrected chi connectivity index (χ4v) is 2.23.